The fraction of sp³-hybridized carbons (Fsp3) is 0.261. The largest absolute Gasteiger partial charge is 0.377 e. The van der Waals surface area contributed by atoms with Gasteiger partial charge in [-0.05, 0) is 60.9 Å². The Kier molecular flexibility index (Phi) is 5.27. The molecule has 2 heterocycles. The lowest BCUT2D eigenvalue weighted by atomic mass is 10.1. The zero-order valence-corrected chi connectivity index (χ0v) is 17.4. The van der Waals surface area contributed by atoms with Crippen molar-refractivity contribution in [1.82, 2.24) is 9.78 Å². The predicted molar refractivity (Wildman–Crippen MR) is 118 cm³/mol. The average molecular weight is 403 g/mol. The van der Waals surface area contributed by atoms with Crippen LogP contribution in [0.5, 0.6) is 0 Å². The molecule has 7 heteroatoms. The Balaban J connectivity index is 1.50. The lowest BCUT2D eigenvalue weighted by Crippen LogP contribution is -2.32. The minimum Gasteiger partial charge on any atom is -0.377 e. The summed E-state index contributed by atoms with van der Waals surface area (Å²) < 4.78 is 1.62. The molecule has 0 spiro atoms. The van der Waals surface area contributed by atoms with E-state index < -0.39 is 0 Å². The van der Waals surface area contributed by atoms with Gasteiger partial charge in [0.1, 0.15) is 6.54 Å². The van der Waals surface area contributed by atoms with Gasteiger partial charge >= 0.3 is 0 Å². The van der Waals surface area contributed by atoms with E-state index in [-0.39, 0.29) is 18.4 Å². The monoisotopic (exact) mass is 403 g/mol. The van der Waals surface area contributed by atoms with Crippen molar-refractivity contribution < 1.29 is 9.59 Å². The van der Waals surface area contributed by atoms with Crippen molar-refractivity contribution in [3.05, 3.63) is 71.5 Å². The van der Waals surface area contributed by atoms with Gasteiger partial charge in [0.05, 0.1) is 5.56 Å². The summed E-state index contributed by atoms with van der Waals surface area (Å²) in [4.78, 5) is 29.3. The Labute approximate surface area is 175 Å². The summed E-state index contributed by atoms with van der Waals surface area (Å²) in [7, 11) is 3.85. The number of rotatable bonds is 5. The van der Waals surface area contributed by atoms with Crippen molar-refractivity contribution in [2.24, 2.45) is 0 Å². The number of carbonyl (C=O) groups excluding carboxylic acids is 2. The van der Waals surface area contributed by atoms with Crippen molar-refractivity contribution in [2.45, 2.75) is 19.9 Å². The van der Waals surface area contributed by atoms with E-state index in [4.69, 9.17) is 0 Å². The van der Waals surface area contributed by atoms with Crippen LogP contribution in [0.15, 0.2) is 54.9 Å². The summed E-state index contributed by atoms with van der Waals surface area (Å²) in [6.07, 6.45) is 4.20. The fourth-order valence-electron chi connectivity index (χ4n) is 3.76. The number of nitrogens with one attached hydrogen (secondary N) is 1. The lowest BCUT2D eigenvalue weighted by Gasteiger charge is -2.19. The molecule has 30 heavy (non-hydrogen) atoms. The number of anilines is 3. The highest BCUT2D eigenvalue weighted by molar-refractivity contribution is 6.08. The summed E-state index contributed by atoms with van der Waals surface area (Å²) in [5.41, 5.74) is 5.29. The molecule has 0 aliphatic carbocycles. The molecule has 0 bridgehead atoms. The maximum absolute atomic E-state index is 12.9. The standard InChI is InChI=1S/C23H25N5O2/c1-16-5-7-19(21(13-16)26(2)3)23(30)25-18-6-8-20-17(14-18)9-12-28(20)22(29)15-27-11-4-10-24-27/h4-8,10-11,13-14H,9,12,15H2,1-3H3,(H,25,30). The lowest BCUT2D eigenvalue weighted by molar-refractivity contribution is -0.119. The molecular weight excluding hydrogens is 378 g/mol. The average Bonchev–Trinajstić information content (AvgIpc) is 3.37. The maximum Gasteiger partial charge on any atom is 0.257 e. The van der Waals surface area contributed by atoms with Crippen LogP contribution in [0.2, 0.25) is 0 Å². The van der Waals surface area contributed by atoms with E-state index in [2.05, 4.69) is 10.4 Å². The summed E-state index contributed by atoms with van der Waals surface area (Å²) >= 11 is 0. The SMILES string of the molecule is Cc1ccc(C(=O)Nc2ccc3c(c2)CCN3C(=O)Cn2cccn2)c(N(C)C)c1. The highest BCUT2D eigenvalue weighted by atomic mass is 16.2. The molecule has 2 aromatic carbocycles. The zero-order valence-electron chi connectivity index (χ0n) is 17.4. The third kappa shape index (κ3) is 3.91. The number of benzene rings is 2. The molecule has 154 valence electrons. The Hall–Kier alpha value is -3.61. The van der Waals surface area contributed by atoms with Gasteiger partial charge in [0.15, 0.2) is 0 Å². The van der Waals surface area contributed by atoms with E-state index in [0.717, 1.165) is 34.6 Å². The topological polar surface area (TPSA) is 70.5 Å². The van der Waals surface area contributed by atoms with Gasteiger partial charge in [-0.2, -0.15) is 5.10 Å². The molecule has 0 saturated carbocycles. The third-order valence-electron chi connectivity index (χ3n) is 5.27. The number of aromatic nitrogens is 2. The molecule has 3 aromatic rings. The molecule has 0 fully saturated rings. The van der Waals surface area contributed by atoms with Crippen LogP contribution in [0, 0.1) is 6.92 Å². The van der Waals surface area contributed by atoms with Crippen LogP contribution in [-0.4, -0.2) is 42.2 Å². The van der Waals surface area contributed by atoms with Gasteiger partial charge in [-0.25, -0.2) is 0 Å². The van der Waals surface area contributed by atoms with Crippen molar-refractivity contribution in [3.63, 3.8) is 0 Å². The van der Waals surface area contributed by atoms with E-state index in [1.165, 1.54) is 0 Å². The molecule has 0 saturated heterocycles. The van der Waals surface area contributed by atoms with Crippen molar-refractivity contribution >= 4 is 28.9 Å². The van der Waals surface area contributed by atoms with Gasteiger partial charge in [0, 0.05) is 50.1 Å². The molecular formula is C23H25N5O2. The molecule has 1 aliphatic rings. The van der Waals surface area contributed by atoms with Gasteiger partial charge in [0.2, 0.25) is 5.91 Å². The first-order valence-corrected chi connectivity index (χ1v) is 9.92. The Morgan fingerprint density at radius 3 is 2.73 bits per heavy atom. The van der Waals surface area contributed by atoms with Crippen LogP contribution in [-0.2, 0) is 17.8 Å². The summed E-state index contributed by atoms with van der Waals surface area (Å²) in [5.74, 6) is -0.146. The second kappa shape index (κ2) is 8.02. The summed E-state index contributed by atoms with van der Waals surface area (Å²) in [5, 5.41) is 7.10. The number of amides is 2. The quantitative estimate of drug-likeness (QED) is 0.711. The smallest absolute Gasteiger partial charge is 0.257 e. The van der Waals surface area contributed by atoms with Crippen molar-refractivity contribution in [3.8, 4) is 0 Å². The van der Waals surface area contributed by atoms with Gasteiger partial charge in [-0.3, -0.25) is 14.3 Å². The molecule has 0 unspecified atom stereocenters. The van der Waals surface area contributed by atoms with Gasteiger partial charge in [-0.15, -0.1) is 0 Å². The van der Waals surface area contributed by atoms with Gasteiger partial charge in [0.25, 0.3) is 5.91 Å². The van der Waals surface area contributed by atoms with Crippen LogP contribution >= 0.6 is 0 Å². The van der Waals surface area contributed by atoms with Crippen LogP contribution in [0.4, 0.5) is 17.1 Å². The minimum absolute atomic E-state index is 0.00418. The van der Waals surface area contributed by atoms with Gasteiger partial charge < -0.3 is 15.1 Å². The highest BCUT2D eigenvalue weighted by Crippen LogP contribution is 2.31. The van der Waals surface area contributed by atoms with Crippen molar-refractivity contribution in [2.75, 3.05) is 35.8 Å². The number of fused-ring (bicyclic) bond motifs is 1. The maximum atomic E-state index is 12.9. The Morgan fingerprint density at radius 1 is 1.17 bits per heavy atom. The van der Waals surface area contributed by atoms with Crippen LogP contribution in [0.3, 0.4) is 0 Å². The highest BCUT2D eigenvalue weighted by Gasteiger charge is 2.25. The van der Waals surface area contributed by atoms with E-state index in [0.29, 0.717) is 12.1 Å². The molecule has 0 atom stereocenters. The van der Waals surface area contributed by atoms with Crippen molar-refractivity contribution in [1.29, 1.82) is 0 Å². The number of carbonyl (C=O) groups is 2. The number of hydrogen-bond donors (Lipinski definition) is 1. The first-order chi connectivity index (χ1) is 14.4. The van der Waals surface area contributed by atoms with E-state index in [1.807, 2.05) is 62.3 Å². The number of aryl methyl sites for hydroxylation is 1. The van der Waals surface area contributed by atoms with E-state index >= 15 is 0 Å². The van der Waals surface area contributed by atoms with Gasteiger partial charge in [-0.1, -0.05) is 6.07 Å². The first-order valence-electron chi connectivity index (χ1n) is 9.92. The second-order valence-electron chi connectivity index (χ2n) is 7.71. The fourth-order valence-corrected chi connectivity index (χ4v) is 3.76. The Morgan fingerprint density at radius 2 is 2.00 bits per heavy atom. The molecule has 1 aromatic heterocycles. The normalized spacial score (nSPS) is 12.6. The molecule has 0 radical (unpaired) electrons. The second-order valence-corrected chi connectivity index (χ2v) is 7.71. The molecule has 4 rings (SSSR count). The Bertz CT molecular complexity index is 1090. The summed E-state index contributed by atoms with van der Waals surface area (Å²) in [6, 6.07) is 13.3. The molecule has 2 amide bonds. The number of hydrogen-bond acceptors (Lipinski definition) is 4. The molecule has 1 N–H and O–H groups in total. The van der Waals surface area contributed by atoms with Crippen LogP contribution in [0.25, 0.3) is 0 Å². The summed E-state index contributed by atoms with van der Waals surface area (Å²) in [6.45, 7) is 2.86. The predicted octanol–water partition coefficient (Wildman–Crippen LogP) is 3.10. The minimum atomic E-state index is -0.150. The molecule has 1 aliphatic heterocycles. The molecule has 7 nitrogen and oxygen atoms in total. The van der Waals surface area contributed by atoms with Crippen LogP contribution < -0.4 is 15.1 Å². The van der Waals surface area contributed by atoms with E-state index in [1.54, 1.807) is 28.0 Å². The number of nitrogens with zero attached hydrogens (tertiary/aromatic N) is 4. The third-order valence-corrected chi connectivity index (χ3v) is 5.27. The zero-order chi connectivity index (χ0) is 21.3. The van der Waals surface area contributed by atoms with Crippen LogP contribution in [0.1, 0.15) is 21.5 Å². The first kappa shape index (κ1) is 19.7. The van der Waals surface area contributed by atoms with E-state index in [9.17, 15) is 9.59 Å².